The summed E-state index contributed by atoms with van der Waals surface area (Å²) in [5.74, 6) is 1.06. The van der Waals surface area contributed by atoms with Gasteiger partial charge < -0.3 is 10.1 Å². The summed E-state index contributed by atoms with van der Waals surface area (Å²) in [5, 5.41) is 14.2. The number of nitrogens with one attached hydrogen (secondary N) is 3. The smallest absolute Gasteiger partial charge is 0.324 e. The molecule has 0 saturated carbocycles. The molecular formula is C27H21ClN4O2. The van der Waals surface area contributed by atoms with Gasteiger partial charge >= 0.3 is 6.03 Å². The molecule has 1 aromatic heterocycles. The number of H-pyrrole nitrogens is 1. The minimum Gasteiger partial charge on any atom is -0.489 e. The molecule has 0 unspecified atom stereocenters. The van der Waals surface area contributed by atoms with Crippen LogP contribution in [0.25, 0.3) is 22.0 Å². The molecule has 34 heavy (non-hydrogen) atoms. The lowest BCUT2D eigenvalue weighted by Gasteiger charge is -2.09. The summed E-state index contributed by atoms with van der Waals surface area (Å²) in [6.45, 7) is 0.339. The Bertz CT molecular complexity index is 1430. The molecule has 7 heteroatoms. The molecule has 5 aromatic rings. The van der Waals surface area contributed by atoms with Crippen LogP contribution in [0.15, 0.2) is 97.1 Å². The summed E-state index contributed by atoms with van der Waals surface area (Å²) in [4.78, 5) is 12.6. The average molecular weight is 469 g/mol. The maximum absolute atomic E-state index is 12.6. The second-order valence-corrected chi connectivity index (χ2v) is 8.09. The highest BCUT2D eigenvalue weighted by Gasteiger charge is 2.11. The maximum atomic E-state index is 12.6. The first-order chi connectivity index (χ1) is 16.7. The zero-order valence-electron chi connectivity index (χ0n) is 18.1. The number of rotatable bonds is 6. The summed E-state index contributed by atoms with van der Waals surface area (Å²) in [6, 6.07) is 30.4. The van der Waals surface area contributed by atoms with E-state index in [1.807, 2.05) is 97.1 Å². The van der Waals surface area contributed by atoms with Crippen molar-refractivity contribution < 1.29 is 9.53 Å². The summed E-state index contributed by atoms with van der Waals surface area (Å²) >= 11 is 6.21. The number of urea groups is 1. The van der Waals surface area contributed by atoms with Crippen LogP contribution in [-0.4, -0.2) is 16.2 Å². The van der Waals surface area contributed by atoms with E-state index in [1.165, 1.54) is 0 Å². The largest absolute Gasteiger partial charge is 0.489 e. The Hall–Kier alpha value is -4.29. The van der Waals surface area contributed by atoms with E-state index in [2.05, 4.69) is 20.8 Å². The third-order valence-corrected chi connectivity index (χ3v) is 5.74. The quantitative estimate of drug-likeness (QED) is 0.248. The van der Waals surface area contributed by atoms with E-state index in [-0.39, 0.29) is 6.03 Å². The number of benzene rings is 4. The third kappa shape index (κ3) is 4.87. The second kappa shape index (κ2) is 9.68. The molecule has 0 aliphatic rings. The number of ether oxygens (including phenoxy) is 1. The molecule has 0 saturated heterocycles. The topological polar surface area (TPSA) is 79.0 Å². The summed E-state index contributed by atoms with van der Waals surface area (Å²) < 4.78 is 5.90. The predicted molar refractivity (Wildman–Crippen MR) is 136 cm³/mol. The Labute approximate surface area is 201 Å². The first-order valence-corrected chi connectivity index (χ1v) is 11.1. The number of hydrogen-bond acceptors (Lipinski definition) is 3. The monoisotopic (exact) mass is 468 g/mol. The van der Waals surface area contributed by atoms with Gasteiger partial charge in [0.05, 0.1) is 5.52 Å². The highest BCUT2D eigenvalue weighted by molar-refractivity contribution is 6.31. The lowest BCUT2D eigenvalue weighted by Crippen LogP contribution is -2.19. The molecule has 4 aromatic carbocycles. The number of anilines is 2. The van der Waals surface area contributed by atoms with Crippen molar-refractivity contribution >= 4 is 40.0 Å². The van der Waals surface area contributed by atoms with Gasteiger partial charge in [0, 0.05) is 21.7 Å². The van der Waals surface area contributed by atoms with Crippen LogP contribution in [0.2, 0.25) is 5.02 Å². The van der Waals surface area contributed by atoms with Crippen molar-refractivity contribution in [3.05, 3.63) is 108 Å². The Morgan fingerprint density at radius 2 is 1.59 bits per heavy atom. The molecule has 0 spiro atoms. The number of amides is 2. The Kier molecular flexibility index (Phi) is 6.14. The lowest BCUT2D eigenvalue weighted by molar-refractivity contribution is 0.262. The number of hydrogen-bond donors (Lipinski definition) is 3. The van der Waals surface area contributed by atoms with E-state index >= 15 is 0 Å². The van der Waals surface area contributed by atoms with E-state index in [0.717, 1.165) is 27.6 Å². The van der Waals surface area contributed by atoms with Gasteiger partial charge in [0.25, 0.3) is 0 Å². The van der Waals surface area contributed by atoms with Crippen LogP contribution in [0.4, 0.5) is 16.3 Å². The third-order valence-electron chi connectivity index (χ3n) is 5.37. The zero-order valence-corrected chi connectivity index (χ0v) is 18.8. The highest BCUT2D eigenvalue weighted by Crippen LogP contribution is 2.27. The Balaban J connectivity index is 1.25. The normalized spacial score (nSPS) is 10.7. The SMILES string of the molecule is O=C(Nc1ccc(-c2ccccc2)cc1)Nc1n[nH]c2ccc(OCc3ccccc3Cl)cc12. The maximum Gasteiger partial charge on any atom is 0.324 e. The van der Waals surface area contributed by atoms with Crippen molar-refractivity contribution in [2.45, 2.75) is 6.61 Å². The van der Waals surface area contributed by atoms with Crippen molar-refractivity contribution in [2.24, 2.45) is 0 Å². The van der Waals surface area contributed by atoms with Gasteiger partial charge in [-0.25, -0.2) is 4.79 Å². The van der Waals surface area contributed by atoms with Gasteiger partial charge in [-0.1, -0.05) is 72.3 Å². The van der Waals surface area contributed by atoms with Gasteiger partial charge in [0.2, 0.25) is 0 Å². The van der Waals surface area contributed by atoms with Gasteiger partial charge in [0.15, 0.2) is 5.82 Å². The van der Waals surface area contributed by atoms with Crippen LogP contribution in [0.1, 0.15) is 5.56 Å². The molecule has 168 valence electrons. The zero-order chi connectivity index (χ0) is 23.3. The summed E-state index contributed by atoms with van der Waals surface area (Å²) in [6.07, 6.45) is 0. The van der Waals surface area contributed by atoms with Crippen LogP contribution in [0.5, 0.6) is 5.75 Å². The van der Waals surface area contributed by atoms with Gasteiger partial charge in [-0.2, -0.15) is 5.10 Å². The van der Waals surface area contributed by atoms with Crippen molar-refractivity contribution in [2.75, 3.05) is 10.6 Å². The van der Waals surface area contributed by atoms with Crippen molar-refractivity contribution in [3.63, 3.8) is 0 Å². The van der Waals surface area contributed by atoms with Gasteiger partial charge in [0.1, 0.15) is 12.4 Å². The highest BCUT2D eigenvalue weighted by atomic mass is 35.5. The van der Waals surface area contributed by atoms with Crippen molar-refractivity contribution in [1.82, 2.24) is 10.2 Å². The second-order valence-electron chi connectivity index (χ2n) is 7.68. The number of carbonyl (C=O) groups is 1. The first kappa shape index (κ1) is 21.6. The molecule has 0 atom stereocenters. The molecule has 1 heterocycles. The summed E-state index contributed by atoms with van der Waals surface area (Å²) in [7, 11) is 0. The number of halogens is 1. The average Bonchev–Trinajstić information content (AvgIpc) is 3.26. The van der Waals surface area contributed by atoms with Crippen molar-refractivity contribution in [3.8, 4) is 16.9 Å². The molecule has 0 aliphatic heterocycles. The number of fused-ring (bicyclic) bond motifs is 1. The number of aromatic amines is 1. The molecule has 2 amide bonds. The molecule has 5 rings (SSSR count). The van der Waals surface area contributed by atoms with Gasteiger partial charge in [-0.3, -0.25) is 10.4 Å². The molecule has 6 nitrogen and oxygen atoms in total. The van der Waals surface area contributed by atoms with Crippen LogP contribution in [-0.2, 0) is 6.61 Å². The molecule has 0 fully saturated rings. The molecule has 0 aliphatic carbocycles. The molecule has 0 bridgehead atoms. The fourth-order valence-electron chi connectivity index (χ4n) is 3.60. The Morgan fingerprint density at radius 3 is 2.38 bits per heavy atom. The van der Waals surface area contributed by atoms with E-state index in [4.69, 9.17) is 16.3 Å². The van der Waals surface area contributed by atoms with E-state index in [1.54, 1.807) is 0 Å². The first-order valence-electron chi connectivity index (χ1n) is 10.7. The van der Waals surface area contributed by atoms with E-state index in [9.17, 15) is 4.79 Å². The number of carbonyl (C=O) groups excluding carboxylic acids is 1. The lowest BCUT2D eigenvalue weighted by atomic mass is 10.1. The van der Waals surface area contributed by atoms with Crippen LogP contribution in [0.3, 0.4) is 0 Å². The summed E-state index contributed by atoms with van der Waals surface area (Å²) in [5.41, 5.74) is 4.56. The standard InChI is InChI=1S/C27H21ClN4O2/c28-24-9-5-4-8-20(24)17-34-22-14-15-25-23(16-22)26(32-31-25)30-27(33)29-21-12-10-19(11-13-21)18-6-2-1-3-7-18/h1-16H,17H2,(H3,29,30,31,32,33). The fraction of sp³-hybridized carbons (Fsp3) is 0.0370. The van der Waals surface area contributed by atoms with E-state index in [0.29, 0.717) is 28.9 Å². The number of aromatic nitrogens is 2. The predicted octanol–water partition coefficient (Wildman–Crippen LogP) is 7.11. The minimum atomic E-state index is -0.386. The van der Waals surface area contributed by atoms with Gasteiger partial charge in [-0.05, 0) is 47.5 Å². The minimum absolute atomic E-state index is 0.339. The number of nitrogens with zero attached hydrogens (tertiary/aromatic N) is 1. The van der Waals surface area contributed by atoms with Crippen LogP contribution < -0.4 is 15.4 Å². The van der Waals surface area contributed by atoms with Gasteiger partial charge in [-0.15, -0.1) is 0 Å². The Morgan fingerprint density at radius 1 is 0.853 bits per heavy atom. The molecule has 0 radical (unpaired) electrons. The van der Waals surface area contributed by atoms with Crippen LogP contribution in [0, 0.1) is 0 Å². The van der Waals surface area contributed by atoms with Crippen LogP contribution >= 0.6 is 11.6 Å². The molecule has 3 N–H and O–H groups in total. The van der Waals surface area contributed by atoms with Crippen molar-refractivity contribution in [1.29, 1.82) is 0 Å². The van der Waals surface area contributed by atoms with E-state index < -0.39 is 0 Å². The molecular weight excluding hydrogens is 448 g/mol. The fourth-order valence-corrected chi connectivity index (χ4v) is 3.79.